The fourth-order valence-electron chi connectivity index (χ4n) is 5.29. The Kier molecular flexibility index (Phi) is 6.19. The van der Waals surface area contributed by atoms with E-state index in [4.69, 9.17) is 0 Å². The summed E-state index contributed by atoms with van der Waals surface area (Å²) in [6.07, 6.45) is 7.27. The number of nitrogens with zero attached hydrogens (tertiary/aromatic N) is 1. The number of hydrogen-bond acceptors (Lipinski definition) is 4. The van der Waals surface area contributed by atoms with Crippen LogP contribution in [0.15, 0.2) is 18.2 Å². The molecule has 4 heteroatoms. The van der Waals surface area contributed by atoms with Crippen molar-refractivity contribution in [1.82, 2.24) is 10.2 Å². The number of likely N-dealkylation sites (N-methyl/N-ethyl adjacent to an activating group) is 1. The standard InChI is InChI=1S/C23H38N2O2/c1-5-25(4)20-15-17-9-10-18(26)16-19(17)22(2,3)21(20)24-14-13-23(27)11-7-6-8-12-23/h9-10,16,20-21,24,26-27H,5-8,11-15H2,1-4H3/t20-,21-/m1/s1. The average molecular weight is 375 g/mol. The maximum absolute atomic E-state index is 10.9. The molecule has 152 valence electrons. The van der Waals surface area contributed by atoms with E-state index in [1.54, 1.807) is 0 Å². The highest BCUT2D eigenvalue weighted by molar-refractivity contribution is 5.44. The summed E-state index contributed by atoms with van der Waals surface area (Å²) in [5.74, 6) is 0.347. The first kappa shape index (κ1) is 20.6. The number of phenols is 1. The number of phenolic OH excluding ortho intramolecular Hbond substituents is 1. The Labute approximate surface area is 165 Å². The first-order valence-corrected chi connectivity index (χ1v) is 10.8. The van der Waals surface area contributed by atoms with Crippen molar-refractivity contribution in [2.75, 3.05) is 20.1 Å². The zero-order chi connectivity index (χ0) is 19.7. The summed E-state index contributed by atoms with van der Waals surface area (Å²) < 4.78 is 0. The first-order chi connectivity index (χ1) is 12.8. The molecule has 1 aromatic carbocycles. The lowest BCUT2D eigenvalue weighted by molar-refractivity contribution is -0.00543. The summed E-state index contributed by atoms with van der Waals surface area (Å²) in [6.45, 7) is 8.63. The highest BCUT2D eigenvalue weighted by Gasteiger charge is 2.43. The lowest BCUT2D eigenvalue weighted by Crippen LogP contribution is -2.61. The van der Waals surface area contributed by atoms with Gasteiger partial charge in [0.05, 0.1) is 5.60 Å². The maximum atomic E-state index is 10.9. The average Bonchev–Trinajstić information content (AvgIpc) is 2.64. The van der Waals surface area contributed by atoms with Crippen molar-refractivity contribution in [3.8, 4) is 5.75 Å². The fourth-order valence-corrected chi connectivity index (χ4v) is 5.29. The molecule has 2 atom stereocenters. The quantitative estimate of drug-likeness (QED) is 0.712. The molecule has 0 saturated heterocycles. The van der Waals surface area contributed by atoms with Gasteiger partial charge in [0.15, 0.2) is 0 Å². The third kappa shape index (κ3) is 4.33. The van der Waals surface area contributed by atoms with Crippen molar-refractivity contribution in [1.29, 1.82) is 0 Å². The van der Waals surface area contributed by atoms with Crippen molar-refractivity contribution in [2.24, 2.45) is 0 Å². The van der Waals surface area contributed by atoms with E-state index < -0.39 is 5.60 Å². The Morgan fingerprint density at radius 3 is 2.56 bits per heavy atom. The third-order valence-corrected chi connectivity index (χ3v) is 7.18. The maximum Gasteiger partial charge on any atom is 0.115 e. The first-order valence-electron chi connectivity index (χ1n) is 10.8. The van der Waals surface area contributed by atoms with Gasteiger partial charge in [-0.05, 0) is 69.1 Å². The lowest BCUT2D eigenvalue weighted by atomic mass is 9.66. The van der Waals surface area contributed by atoms with Crippen molar-refractivity contribution in [2.45, 2.75) is 88.8 Å². The molecule has 3 rings (SSSR count). The number of hydrogen-bond donors (Lipinski definition) is 3. The van der Waals surface area contributed by atoms with Gasteiger partial charge in [0.2, 0.25) is 0 Å². The second-order valence-corrected chi connectivity index (χ2v) is 9.37. The Morgan fingerprint density at radius 1 is 1.19 bits per heavy atom. The number of rotatable bonds is 6. The van der Waals surface area contributed by atoms with E-state index in [2.05, 4.69) is 44.1 Å². The molecule has 1 saturated carbocycles. The van der Waals surface area contributed by atoms with Gasteiger partial charge >= 0.3 is 0 Å². The van der Waals surface area contributed by atoms with Crippen LogP contribution in [0.1, 0.15) is 70.4 Å². The van der Waals surface area contributed by atoms with Crippen LogP contribution in [0.3, 0.4) is 0 Å². The highest BCUT2D eigenvalue weighted by Crippen LogP contribution is 2.40. The predicted molar refractivity (Wildman–Crippen MR) is 111 cm³/mol. The van der Waals surface area contributed by atoms with Crippen LogP contribution in [0.25, 0.3) is 0 Å². The van der Waals surface area contributed by atoms with Crippen LogP contribution in [0, 0.1) is 0 Å². The van der Waals surface area contributed by atoms with E-state index >= 15 is 0 Å². The molecule has 0 heterocycles. The SMILES string of the molecule is CCN(C)[C@@H]1Cc2ccc(O)cc2C(C)(C)[C@@H]1NCCC1(O)CCCCC1. The smallest absolute Gasteiger partial charge is 0.115 e. The van der Waals surface area contributed by atoms with Crippen LogP contribution < -0.4 is 5.32 Å². The number of aromatic hydroxyl groups is 1. The molecule has 2 aliphatic carbocycles. The lowest BCUT2D eigenvalue weighted by Gasteiger charge is -2.49. The summed E-state index contributed by atoms with van der Waals surface area (Å²) in [5.41, 5.74) is 2.02. The Morgan fingerprint density at radius 2 is 1.89 bits per heavy atom. The molecule has 0 amide bonds. The highest BCUT2D eigenvalue weighted by atomic mass is 16.3. The predicted octanol–water partition coefficient (Wildman–Crippen LogP) is 3.59. The van der Waals surface area contributed by atoms with E-state index in [0.29, 0.717) is 11.8 Å². The van der Waals surface area contributed by atoms with Crippen LogP contribution in [0.5, 0.6) is 5.75 Å². The van der Waals surface area contributed by atoms with E-state index in [1.807, 2.05) is 12.1 Å². The van der Waals surface area contributed by atoms with Crippen molar-refractivity contribution in [3.63, 3.8) is 0 Å². The summed E-state index contributed by atoms with van der Waals surface area (Å²) >= 11 is 0. The zero-order valence-corrected chi connectivity index (χ0v) is 17.6. The molecule has 0 unspecified atom stereocenters. The normalized spacial score (nSPS) is 26.7. The Balaban J connectivity index is 1.79. The largest absolute Gasteiger partial charge is 0.508 e. The Hall–Kier alpha value is -1.10. The minimum atomic E-state index is -0.480. The van der Waals surface area contributed by atoms with E-state index in [9.17, 15) is 10.2 Å². The van der Waals surface area contributed by atoms with Crippen molar-refractivity contribution >= 4 is 0 Å². The summed E-state index contributed by atoms with van der Waals surface area (Å²) in [5, 5.41) is 24.7. The van der Waals surface area contributed by atoms with Crippen LogP contribution in [-0.4, -0.2) is 52.9 Å². The molecular weight excluding hydrogens is 336 g/mol. The van der Waals surface area contributed by atoms with Gasteiger partial charge in [0.1, 0.15) is 5.75 Å². The van der Waals surface area contributed by atoms with Gasteiger partial charge in [0.25, 0.3) is 0 Å². The summed E-state index contributed by atoms with van der Waals surface area (Å²) in [4.78, 5) is 2.44. The molecule has 1 fully saturated rings. The fraction of sp³-hybridized carbons (Fsp3) is 0.739. The van der Waals surface area contributed by atoms with E-state index in [-0.39, 0.29) is 11.5 Å². The summed E-state index contributed by atoms with van der Waals surface area (Å²) in [7, 11) is 2.20. The minimum absolute atomic E-state index is 0.0877. The third-order valence-electron chi connectivity index (χ3n) is 7.18. The van der Waals surface area contributed by atoms with Crippen molar-refractivity contribution in [3.05, 3.63) is 29.3 Å². The van der Waals surface area contributed by atoms with Gasteiger partial charge in [-0.3, -0.25) is 0 Å². The molecule has 3 N–H and O–H groups in total. The molecule has 0 radical (unpaired) electrons. The molecular formula is C23H38N2O2. The van der Waals surface area contributed by atoms with E-state index in [1.165, 1.54) is 17.5 Å². The topological polar surface area (TPSA) is 55.7 Å². The number of aliphatic hydroxyl groups is 1. The van der Waals surface area contributed by atoms with Crippen molar-refractivity contribution < 1.29 is 10.2 Å². The number of fused-ring (bicyclic) bond motifs is 1. The molecule has 4 nitrogen and oxygen atoms in total. The van der Waals surface area contributed by atoms with Gasteiger partial charge in [-0.2, -0.15) is 0 Å². The van der Waals surface area contributed by atoms with Gasteiger partial charge in [-0.1, -0.05) is 46.1 Å². The zero-order valence-electron chi connectivity index (χ0n) is 17.6. The number of nitrogens with one attached hydrogen (secondary N) is 1. The molecule has 0 spiro atoms. The molecule has 2 aliphatic rings. The van der Waals surface area contributed by atoms with Gasteiger partial charge in [-0.25, -0.2) is 0 Å². The van der Waals surface area contributed by atoms with Crippen LogP contribution in [0.4, 0.5) is 0 Å². The van der Waals surface area contributed by atoms with Crippen LogP contribution in [0.2, 0.25) is 0 Å². The monoisotopic (exact) mass is 374 g/mol. The Bertz CT molecular complexity index is 637. The van der Waals surface area contributed by atoms with Gasteiger partial charge < -0.3 is 20.4 Å². The molecule has 0 bridgehead atoms. The van der Waals surface area contributed by atoms with Crippen LogP contribution >= 0.6 is 0 Å². The molecule has 0 aromatic heterocycles. The van der Waals surface area contributed by atoms with Crippen LogP contribution in [-0.2, 0) is 11.8 Å². The second kappa shape index (κ2) is 8.10. The summed E-state index contributed by atoms with van der Waals surface area (Å²) in [6, 6.07) is 6.53. The number of benzene rings is 1. The molecule has 0 aliphatic heterocycles. The molecule has 27 heavy (non-hydrogen) atoms. The second-order valence-electron chi connectivity index (χ2n) is 9.37. The minimum Gasteiger partial charge on any atom is -0.508 e. The molecule has 1 aromatic rings. The van der Waals surface area contributed by atoms with Gasteiger partial charge in [0, 0.05) is 17.5 Å². The van der Waals surface area contributed by atoms with Gasteiger partial charge in [-0.15, -0.1) is 0 Å². The van der Waals surface area contributed by atoms with E-state index in [0.717, 1.165) is 51.6 Å².